The van der Waals surface area contributed by atoms with E-state index >= 15 is 0 Å². The van der Waals surface area contributed by atoms with E-state index in [1.807, 2.05) is 66.7 Å². The number of carbonyl (C=O) groups excluding carboxylic acids is 5. The molecule has 86 heavy (non-hydrogen) atoms. The lowest BCUT2D eigenvalue weighted by atomic mass is 9.93. The topological polar surface area (TPSA) is 235 Å². The Labute approximate surface area is 513 Å². The van der Waals surface area contributed by atoms with Crippen molar-refractivity contribution >= 4 is 29.4 Å². The van der Waals surface area contributed by atoms with E-state index in [0.717, 1.165) is 140 Å². The zero-order valence-electron chi connectivity index (χ0n) is 51.3. The van der Waals surface area contributed by atoms with Crippen molar-refractivity contribution in [1.82, 2.24) is 21.3 Å². The highest BCUT2D eigenvalue weighted by Crippen LogP contribution is 2.21. The van der Waals surface area contributed by atoms with Crippen LogP contribution in [0.2, 0.25) is 0 Å². The van der Waals surface area contributed by atoms with Crippen molar-refractivity contribution in [3.05, 3.63) is 156 Å². The smallest absolute Gasteiger partial charge is 0.220 e. The highest BCUT2D eigenvalue weighted by Gasteiger charge is 2.23. The van der Waals surface area contributed by atoms with Gasteiger partial charge in [0.25, 0.3) is 0 Å². The largest absolute Gasteiger partial charge is 0.393 e. The average molecular weight is 1190 g/mol. The normalized spacial score (nSPS) is 20.8. The molecule has 0 radical (unpaired) electrons. The Kier molecular flexibility index (Phi) is 35.2. The molecule has 4 amide bonds. The van der Waals surface area contributed by atoms with E-state index in [4.69, 9.17) is 0 Å². The monoisotopic (exact) mass is 1180 g/mol. The molecule has 0 aliphatic heterocycles. The number of aliphatic hydroxyl groups excluding tert-OH is 5. The Morgan fingerprint density at radius 3 is 1.24 bits per heavy atom. The Bertz CT molecular complexity index is 2480. The van der Waals surface area contributed by atoms with E-state index in [1.165, 1.54) is 16.7 Å². The first-order valence-electron chi connectivity index (χ1n) is 32.7. The summed E-state index contributed by atoms with van der Waals surface area (Å²) in [5.41, 5.74) is 5.08. The number of rotatable bonds is 28. The molecule has 3 saturated carbocycles. The minimum atomic E-state index is -0.431. The average Bonchev–Trinajstić information content (AvgIpc) is 3.60. The second-order valence-corrected chi connectivity index (χ2v) is 24.3. The minimum absolute atomic E-state index is 0.0140. The van der Waals surface area contributed by atoms with Crippen molar-refractivity contribution in [2.45, 2.75) is 260 Å². The third-order valence-corrected chi connectivity index (χ3v) is 16.7. The standard InChI is InChI=1S/2C18H27NO3.2C18H25NO2/c20-16-11-9-15(10-12-16)19-18(22)8-4-7-17(21)13-14-5-2-1-3-6-14;20-16(9-6-14-4-2-1-3-5-14)12-13-18(22)19-15-7-10-17(21)11-8-15;2*20-17-13-11-16(12-14-17)19-18(21)10-6-2-5-9-15-7-3-1-4-8-15/h1-3,5-6,15-17,20-21H,4,7-13H2,(H,19,22);1-5,15-17,20-21H,6-13H2,(H,19,22);1,3-4,7-8,16H,2,5-6,9-14H2,(H,19,21);1,3-4,7-8,11,13,16-17,20H,2,5-6,9-10,12,14H2,(H,19,21)/t;;;16-,17-/m...0/s1. The predicted octanol–water partition coefficient (Wildman–Crippen LogP) is 10.8. The van der Waals surface area contributed by atoms with Crippen LogP contribution < -0.4 is 21.3 Å². The van der Waals surface area contributed by atoms with Gasteiger partial charge in [0.05, 0.1) is 30.5 Å². The van der Waals surface area contributed by atoms with E-state index in [0.29, 0.717) is 76.4 Å². The van der Waals surface area contributed by atoms with Crippen LogP contribution in [-0.4, -0.2) is 110 Å². The molecular formula is C72H104N4O10. The third kappa shape index (κ3) is 33.2. The summed E-state index contributed by atoms with van der Waals surface area (Å²) in [5, 5.41) is 60.3. The number of nitrogens with one attached hydrogen (secondary N) is 4. The molecule has 0 saturated heterocycles. The van der Waals surface area contributed by atoms with Gasteiger partial charge in [-0.2, -0.15) is 0 Å². The molecule has 8 rings (SSSR count). The van der Waals surface area contributed by atoms with Crippen LogP contribution in [-0.2, 0) is 49.7 Å². The third-order valence-electron chi connectivity index (χ3n) is 16.7. The van der Waals surface area contributed by atoms with Crippen molar-refractivity contribution in [3.63, 3.8) is 0 Å². The van der Waals surface area contributed by atoms with Crippen LogP contribution in [0.25, 0.3) is 0 Å². The highest BCUT2D eigenvalue weighted by atomic mass is 16.3. The number of aryl methyl sites for hydroxylation is 3. The lowest BCUT2D eigenvalue weighted by molar-refractivity contribution is -0.124. The van der Waals surface area contributed by atoms with Crippen LogP contribution in [0.5, 0.6) is 0 Å². The summed E-state index contributed by atoms with van der Waals surface area (Å²) < 4.78 is 0. The van der Waals surface area contributed by atoms with Crippen LogP contribution in [0.3, 0.4) is 0 Å². The summed E-state index contributed by atoms with van der Waals surface area (Å²) in [6.07, 6.45) is 27.7. The van der Waals surface area contributed by atoms with E-state index in [-0.39, 0.29) is 72.2 Å². The lowest BCUT2D eigenvalue weighted by Crippen LogP contribution is -2.38. The van der Waals surface area contributed by atoms with Crippen molar-refractivity contribution in [1.29, 1.82) is 0 Å². The Balaban J connectivity index is 0.000000209. The zero-order valence-corrected chi connectivity index (χ0v) is 51.3. The number of Topliss-reactive ketones (excluding diaryl/α,β-unsaturated/α-hetero) is 1. The Morgan fingerprint density at radius 2 is 0.791 bits per heavy atom. The summed E-state index contributed by atoms with van der Waals surface area (Å²) in [7, 11) is 0. The van der Waals surface area contributed by atoms with Gasteiger partial charge in [-0.3, -0.25) is 24.0 Å². The van der Waals surface area contributed by atoms with Gasteiger partial charge in [0.1, 0.15) is 5.78 Å². The van der Waals surface area contributed by atoms with Gasteiger partial charge >= 0.3 is 0 Å². The first-order chi connectivity index (χ1) is 41.7. The molecular weight excluding hydrogens is 1080 g/mol. The molecule has 4 aromatic carbocycles. The first kappa shape index (κ1) is 70.7. The maximum atomic E-state index is 11.9. The molecule has 472 valence electrons. The van der Waals surface area contributed by atoms with Crippen LogP contribution >= 0.6 is 0 Å². The fourth-order valence-electron chi connectivity index (χ4n) is 11.4. The predicted molar refractivity (Wildman–Crippen MR) is 342 cm³/mol. The van der Waals surface area contributed by atoms with Crippen molar-refractivity contribution in [2.24, 2.45) is 0 Å². The number of hydrogen-bond donors (Lipinski definition) is 9. The van der Waals surface area contributed by atoms with Crippen molar-refractivity contribution in [3.8, 4) is 0 Å². The second kappa shape index (κ2) is 42.8. The number of carbonyl (C=O) groups is 5. The molecule has 4 aliphatic carbocycles. The molecule has 2 unspecified atom stereocenters. The first-order valence-corrected chi connectivity index (χ1v) is 32.7. The van der Waals surface area contributed by atoms with Gasteiger partial charge < -0.3 is 46.8 Å². The van der Waals surface area contributed by atoms with Crippen LogP contribution in [0.1, 0.15) is 202 Å². The highest BCUT2D eigenvalue weighted by molar-refractivity contribution is 5.80. The fraction of sp³-hybridized carbons (Fsp3) is 0.569. The molecule has 14 heteroatoms. The number of aliphatic hydroxyl groups is 5. The molecule has 0 aromatic heterocycles. The van der Waals surface area contributed by atoms with Crippen molar-refractivity contribution in [2.75, 3.05) is 0 Å². The molecule has 4 aliphatic rings. The molecule has 0 heterocycles. The van der Waals surface area contributed by atoms with E-state index in [2.05, 4.69) is 81.9 Å². The summed E-state index contributed by atoms with van der Waals surface area (Å²) >= 11 is 0. The molecule has 0 spiro atoms. The summed E-state index contributed by atoms with van der Waals surface area (Å²) in [4.78, 5) is 58.6. The molecule has 9 N–H and O–H groups in total. The summed E-state index contributed by atoms with van der Waals surface area (Å²) in [6.45, 7) is 0. The van der Waals surface area contributed by atoms with E-state index in [9.17, 15) is 49.5 Å². The molecule has 14 nitrogen and oxygen atoms in total. The van der Waals surface area contributed by atoms with Crippen LogP contribution in [0.15, 0.2) is 133 Å². The fourth-order valence-corrected chi connectivity index (χ4v) is 11.4. The number of unbranched alkanes of at least 4 members (excludes halogenated alkanes) is 4. The van der Waals surface area contributed by atoms with Gasteiger partial charge in [0, 0.05) is 62.7 Å². The maximum Gasteiger partial charge on any atom is 0.220 e. The number of benzene rings is 4. The van der Waals surface area contributed by atoms with Crippen LogP contribution in [0, 0.1) is 0 Å². The van der Waals surface area contributed by atoms with Gasteiger partial charge in [-0.15, -0.1) is 0 Å². The molecule has 0 bridgehead atoms. The zero-order chi connectivity index (χ0) is 61.4. The van der Waals surface area contributed by atoms with Crippen LogP contribution in [0.4, 0.5) is 0 Å². The van der Waals surface area contributed by atoms with Gasteiger partial charge in [-0.1, -0.05) is 146 Å². The van der Waals surface area contributed by atoms with E-state index in [1.54, 1.807) is 6.08 Å². The number of hydrogen-bond acceptors (Lipinski definition) is 10. The number of amides is 4. The molecule has 3 fully saturated rings. The minimum Gasteiger partial charge on any atom is -0.393 e. The lowest BCUT2D eigenvalue weighted by Gasteiger charge is -2.26. The van der Waals surface area contributed by atoms with Crippen molar-refractivity contribution < 1.29 is 49.5 Å². The maximum absolute atomic E-state index is 11.9. The van der Waals surface area contributed by atoms with E-state index < -0.39 is 6.10 Å². The van der Waals surface area contributed by atoms with Gasteiger partial charge in [-0.25, -0.2) is 0 Å². The summed E-state index contributed by atoms with van der Waals surface area (Å²) in [5.74, 6) is 0.685. The molecule has 4 aromatic rings. The SMILES string of the molecule is O=C(CCC(O)CCc1ccccc1)NC1CCC(O)CC1.O=C(CCCC(O)Cc1ccccc1)NC1CCC(O)CC1.O=C(CCCCCc1ccccc1)N[C@H]1C=C[C@H](O)CC1.O=C1CCC(NC(=O)CCCCCc2ccccc2)CC1. The van der Waals surface area contributed by atoms with Gasteiger partial charge in [0.2, 0.25) is 23.6 Å². The second-order valence-electron chi connectivity index (χ2n) is 24.3. The van der Waals surface area contributed by atoms with Gasteiger partial charge in [0.15, 0.2) is 0 Å². The van der Waals surface area contributed by atoms with Gasteiger partial charge in [-0.05, 0) is 176 Å². The summed E-state index contributed by atoms with van der Waals surface area (Å²) in [6, 6.07) is 41.7. The number of ketones is 1. The quantitative estimate of drug-likeness (QED) is 0.0193. The Hall–Kier alpha value is -6.03. The Morgan fingerprint density at radius 1 is 0.384 bits per heavy atom. The molecule has 4 atom stereocenters.